The quantitative estimate of drug-likeness (QED) is 0.651. The van der Waals surface area contributed by atoms with Gasteiger partial charge in [0.05, 0.1) is 11.2 Å². The molecule has 0 aromatic carbocycles. The standard InChI is InChI=1S/C9H20N2O/c1-8(2,3)12-9(4-5-10)6-11-7-9/h11H,4-7,10H2,1-3H3. The average Bonchev–Trinajstić information content (AvgIpc) is 1.80. The Hall–Kier alpha value is -0.120. The molecule has 0 bridgehead atoms. The summed E-state index contributed by atoms with van der Waals surface area (Å²) in [4.78, 5) is 0. The zero-order valence-corrected chi connectivity index (χ0v) is 8.31. The van der Waals surface area contributed by atoms with Crippen molar-refractivity contribution >= 4 is 0 Å². The molecule has 1 aliphatic heterocycles. The smallest absolute Gasteiger partial charge is 0.0948 e. The number of hydrogen-bond donors (Lipinski definition) is 2. The summed E-state index contributed by atoms with van der Waals surface area (Å²) in [6.07, 6.45) is 0.956. The molecule has 12 heavy (non-hydrogen) atoms. The van der Waals surface area contributed by atoms with Crippen LogP contribution in [0, 0.1) is 0 Å². The van der Waals surface area contributed by atoms with Crippen LogP contribution < -0.4 is 11.1 Å². The van der Waals surface area contributed by atoms with Gasteiger partial charge in [0.25, 0.3) is 0 Å². The third-order valence-electron chi connectivity index (χ3n) is 2.02. The summed E-state index contributed by atoms with van der Waals surface area (Å²) in [7, 11) is 0. The molecule has 3 nitrogen and oxygen atoms in total. The molecule has 0 amide bonds. The van der Waals surface area contributed by atoms with E-state index in [0.29, 0.717) is 6.54 Å². The van der Waals surface area contributed by atoms with Crippen molar-refractivity contribution < 1.29 is 4.74 Å². The SMILES string of the molecule is CC(C)(C)OC1(CCN)CNC1. The molecule has 0 unspecified atom stereocenters. The molecule has 3 heteroatoms. The first-order valence-electron chi connectivity index (χ1n) is 4.58. The van der Waals surface area contributed by atoms with Crippen LogP contribution in [0.1, 0.15) is 27.2 Å². The van der Waals surface area contributed by atoms with Gasteiger partial charge in [0.15, 0.2) is 0 Å². The van der Waals surface area contributed by atoms with Gasteiger partial charge >= 0.3 is 0 Å². The fourth-order valence-corrected chi connectivity index (χ4v) is 1.62. The van der Waals surface area contributed by atoms with E-state index in [-0.39, 0.29) is 11.2 Å². The van der Waals surface area contributed by atoms with E-state index in [1.807, 2.05) is 0 Å². The molecule has 0 saturated carbocycles. The largest absolute Gasteiger partial charge is 0.367 e. The highest BCUT2D eigenvalue weighted by molar-refractivity contribution is 4.96. The summed E-state index contributed by atoms with van der Waals surface area (Å²) >= 11 is 0. The second-order valence-electron chi connectivity index (χ2n) is 4.54. The molecule has 1 rings (SSSR count). The van der Waals surface area contributed by atoms with Gasteiger partial charge in [-0.2, -0.15) is 0 Å². The Morgan fingerprint density at radius 3 is 2.25 bits per heavy atom. The van der Waals surface area contributed by atoms with Gasteiger partial charge in [-0.3, -0.25) is 0 Å². The average molecular weight is 172 g/mol. The minimum Gasteiger partial charge on any atom is -0.367 e. The Morgan fingerprint density at radius 2 is 2.00 bits per heavy atom. The number of nitrogens with one attached hydrogen (secondary N) is 1. The van der Waals surface area contributed by atoms with Gasteiger partial charge in [-0.25, -0.2) is 0 Å². The Bertz CT molecular complexity index is 147. The van der Waals surface area contributed by atoms with Crippen LogP contribution in [0.3, 0.4) is 0 Å². The van der Waals surface area contributed by atoms with Crippen LogP contribution in [0.15, 0.2) is 0 Å². The molecule has 0 atom stereocenters. The summed E-state index contributed by atoms with van der Waals surface area (Å²) in [5.41, 5.74) is 5.50. The van der Waals surface area contributed by atoms with Crippen molar-refractivity contribution in [2.75, 3.05) is 19.6 Å². The summed E-state index contributed by atoms with van der Waals surface area (Å²) in [5, 5.41) is 3.23. The Kier molecular flexibility index (Phi) is 2.76. The van der Waals surface area contributed by atoms with E-state index in [2.05, 4.69) is 26.1 Å². The maximum Gasteiger partial charge on any atom is 0.0948 e. The fraction of sp³-hybridized carbons (Fsp3) is 1.00. The number of rotatable bonds is 3. The maximum absolute atomic E-state index is 5.96. The lowest BCUT2D eigenvalue weighted by atomic mass is 9.91. The first-order valence-corrected chi connectivity index (χ1v) is 4.58. The van der Waals surface area contributed by atoms with Crippen molar-refractivity contribution in [2.45, 2.75) is 38.4 Å². The molecule has 1 aliphatic rings. The van der Waals surface area contributed by atoms with E-state index in [4.69, 9.17) is 10.5 Å². The van der Waals surface area contributed by atoms with Gasteiger partial charge in [0.2, 0.25) is 0 Å². The number of nitrogens with two attached hydrogens (primary N) is 1. The van der Waals surface area contributed by atoms with Crippen LogP contribution in [0.4, 0.5) is 0 Å². The third kappa shape index (κ3) is 2.44. The molecule has 0 aromatic rings. The van der Waals surface area contributed by atoms with Crippen LogP contribution in [0.2, 0.25) is 0 Å². The zero-order valence-electron chi connectivity index (χ0n) is 8.31. The molecule has 0 radical (unpaired) electrons. The van der Waals surface area contributed by atoms with Gasteiger partial charge in [0.1, 0.15) is 0 Å². The van der Waals surface area contributed by atoms with Crippen LogP contribution in [0.25, 0.3) is 0 Å². The Morgan fingerprint density at radius 1 is 1.42 bits per heavy atom. The molecule has 72 valence electrons. The normalized spacial score (nSPS) is 22.0. The third-order valence-corrected chi connectivity index (χ3v) is 2.02. The minimum absolute atomic E-state index is 0.0208. The highest BCUT2D eigenvalue weighted by Crippen LogP contribution is 2.26. The second-order valence-corrected chi connectivity index (χ2v) is 4.54. The second kappa shape index (κ2) is 3.32. The summed E-state index contributed by atoms with van der Waals surface area (Å²) in [6.45, 7) is 8.86. The lowest BCUT2D eigenvalue weighted by Gasteiger charge is -2.46. The molecule has 0 spiro atoms. The highest BCUT2D eigenvalue weighted by atomic mass is 16.5. The number of hydrogen-bond acceptors (Lipinski definition) is 3. The van der Waals surface area contributed by atoms with Gasteiger partial charge in [-0.1, -0.05) is 0 Å². The van der Waals surface area contributed by atoms with E-state index in [1.165, 1.54) is 0 Å². The van der Waals surface area contributed by atoms with E-state index in [9.17, 15) is 0 Å². The maximum atomic E-state index is 5.96. The minimum atomic E-state index is -0.0583. The van der Waals surface area contributed by atoms with Crippen molar-refractivity contribution in [1.82, 2.24) is 5.32 Å². The molecular formula is C9H20N2O. The first-order chi connectivity index (χ1) is 5.47. The Balaban J connectivity index is 2.45. The number of ether oxygens (including phenoxy) is 1. The van der Waals surface area contributed by atoms with Crippen LogP contribution in [-0.2, 0) is 4.74 Å². The lowest BCUT2D eigenvalue weighted by molar-refractivity contribution is -0.158. The topological polar surface area (TPSA) is 47.3 Å². The lowest BCUT2D eigenvalue weighted by Crippen LogP contribution is -2.63. The van der Waals surface area contributed by atoms with E-state index in [1.54, 1.807) is 0 Å². The monoisotopic (exact) mass is 172 g/mol. The van der Waals surface area contributed by atoms with E-state index < -0.39 is 0 Å². The molecule has 3 N–H and O–H groups in total. The molecule has 1 fully saturated rings. The van der Waals surface area contributed by atoms with Gasteiger partial charge in [0, 0.05) is 13.1 Å². The van der Waals surface area contributed by atoms with Crippen molar-refractivity contribution in [2.24, 2.45) is 5.73 Å². The van der Waals surface area contributed by atoms with Crippen molar-refractivity contribution in [3.05, 3.63) is 0 Å². The highest BCUT2D eigenvalue weighted by Gasteiger charge is 2.40. The van der Waals surface area contributed by atoms with Crippen LogP contribution in [-0.4, -0.2) is 30.8 Å². The first kappa shape index (κ1) is 9.96. The fourth-order valence-electron chi connectivity index (χ4n) is 1.62. The van der Waals surface area contributed by atoms with Crippen LogP contribution in [0.5, 0.6) is 0 Å². The van der Waals surface area contributed by atoms with Crippen molar-refractivity contribution in [3.8, 4) is 0 Å². The molecule has 1 heterocycles. The molecular weight excluding hydrogens is 152 g/mol. The Labute approximate surface area is 74.7 Å². The van der Waals surface area contributed by atoms with Gasteiger partial charge in [-0.15, -0.1) is 0 Å². The molecule has 1 saturated heterocycles. The summed E-state index contributed by atoms with van der Waals surface area (Å²) in [5.74, 6) is 0. The predicted molar refractivity (Wildman–Crippen MR) is 50.1 cm³/mol. The molecule has 0 aliphatic carbocycles. The van der Waals surface area contributed by atoms with E-state index in [0.717, 1.165) is 19.5 Å². The zero-order chi connectivity index (χ0) is 9.24. The molecule has 0 aromatic heterocycles. The predicted octanol–water partition coefficient (Wildman–Crippen LogP) is 0.492. The summed E-state index contributed by atoms with van der Waals surface area (Å²) < 4.78 is 5.96. The summed E-state index contributed by atoms with van der Waals surface area (Å²) in [6, 6.07) is 0. The van der Waals surface area contributed by atoms with Crippen molar-refractivity contribution in [1.29, 1.82) is 0 Å². The van der Waals surface area contributed by atoms with Crippen LogP contribution >= 0.6 is 0 Å². The van der Waals surface area contributed by atoms with E-state index >= 15 is 0 Å². The van der Waals surface area contributed by atoms with Crippen molar-refractivity contribution in [3.63, 3.8) is 0 Å². The van der Waals surface area contributed by atoms with Gasteiger partial charge < -0.3 is 15.8 Å². The van der Waals surface area contributed by atoms with Gasteiger partial charge in [-0.05, 0) is 33.7 Å².